The third kappa shape index (κ3) is 3.94. The Morgan fingerprint density at radius 3 is 2.59 bits per heavy atom. The van der Waals surface area contributed by atoms with Crippen LogP contribution in [0.2, 0.25) is 0 Å². The quantitative estimate of drug-likeness (QED) is 0.527. The number of H-pyrrole nitrogens is 1. The number of nitrogens with one attached hydrogen (secondary N) is 2. The number of nitrogens with zero attached hydrogens (tertiary/aromatic N) is 2. The summed E-state index contributed by atoms with van der Waals surface area (Å²) in [5, 5.41) is 10.3. The van der Waals surface area contributed by atoms with Crippen LogP contribution >= 0.6 is 0 Å². The van der Waals surface area contributed by atoms with Gasteiger partial charge < -0.3 is 9.88 Å². The molecule has 1 amide bonds. The molecule has 0 fully saturated rings. The van der Waals surface area contributed by atoms with E-state index in [2.05, 4.69) is 15.5 Å². The molecular weight excluding hydrogens is 371 g/mol. The number of ketones is 1. The zero-order chi connectivity index (χ0) is 20.4. The Labute approximate surface area is 166 Å². The van der Waals surface area contributed by atoms with E-state index in [4.69, 9.17) is 0 Å². The van der Waals surface area contributed by atoms with Crippen molar-refractivity contribution in [2.24, 2.45) is 7.05 Å². The number of amides is 1. The number of halogens is 1. The summed E-state index contributed by atoms with van der Waals surface area (Å²) in [6.45, 7) is 0. The fourth-order valence-electron chi connectivity index (χ4n) is 3.42. The molecule has 0 atom stereocenters. The van der Waals surface area contributed by atoms with Crippen LogP contribution in [-0.2, 0) is 24.7 Å². The zero-order valence-electron chi connectivity index (χ0n) is 15.8. The van der Waals surface area contributed by atoms with Crippen molar-refractivity contribution in [1.29, 1.82) is 0 Å². The van der Waals surface area contributed by atoms with E-state index in [0.29, 0.717) is 11.3 Å². The lowest BCUT2D eigenvalue weighted by Gasteiger charge is -2.06. The van der Waals surface area contributed by atoms with Gasteiger partial charge in [-0.15, -0.1) is 0 Å². The summed E-state index contributed by atoms with van der Waals surface area (Å²) < 4.78 is 15.0. The predicted molar refractivity (Wildman–Crippen MR) is 108 cm³/mol. The number of hydrogen-bond acceptors (Lipinski definition) is 3. The van der Waals surface area contributed by atoms with E-state index in [9.17, 15) is 14.0 Å². The number of aromatic nitrogens is 3. The van der Waals surface area contributed by atoms with Gasteiger partial charge >= 0.3 is 0 Å². The first-order chi connectivity index (χ1) is 14.0. The van der Waals surface area contributed by atoms with Crippen molar-refractivity contribution < 1.29 is 14.0 Å². The molecular formula is C22H19FN4O2. The molecule has 2 aromatic heterocycles. The second-order valence-corrected chi connectivity index (χ2v) is 6.91. The van der Waals surface area contributed by atoms with E-state index in [1.54, 1.807) is 0 Å². The normalized spacial score (nSPS) is 11.0. The minimum Gasteiger partial charge on any atom is -0.350 e. The lowest BCUT2D eigenvalue weighted by molar-refractivity contribution is -0.117. The van der Waals surface area contributed by atoms with Crippen molar-refractivity contribution in [3.8, 4) is 0 Å². The minimum absolute atomic E-state index is 0.0152. The SMILES string of the molecule is Cn1cc(CC(=O)Cc2cn[nH]c2C(=O)Nc2ccc(F)cc2)c2ccccc21. The number of carbonyl (C=O) groups is 2. The summed E-state index contributed by atoms with van der Waals surface area (Å²) in [6, 6.07) is 13.4. The van der Waals surface area contributed by atoms with Crippen molar-refractivity contribution in [2.45, 2.75) is 12.8 Å². The van der Waals surface area contributed by atoms with Crippen molar-refractivity contribution in [1.82, 2.24) is 14.8 Å². The van der Waals surface area contributed by atoms with Crippen molar-refractivity contribution in [3.05, 3.63) is 83.6 Å². The fraction of sp³-hybridized carbons (Fsp3) is 0.136. The number of hydrogen-bond donors (Lipinski definition) is 2. The van der Waals surface area contributed by atoms with E-state index in [-0.39, 0.29) is 30.1 Å². The molecule has 0 saturated carbocycles. The van der Waals surface area contributed by atoms with Gasteiger partial charge in [-0.25, -0.2) is 4.39 Å². The molecule has 2 aromatic carbocycles. The maximum absolute atomic E-state index is 13.0. The number of aryl methyl sites for hydroxylation is 1. The average Bonchev–Trinajstić information content (AvgIpc) is 3.29. The highest BCUT2D eigenvalue weighted by Crippen LogP contribution is 2.21. The number of Topliss-reactive ketones (excluding diaryl/α,β-unsaturated/α-hetero) is 1. The van der Waals surface area contributed by atoms with Crippen LogP contribution < -0.4 is 5.32 Å². The van der Waals surface area contributed by atoms with E-state index in [0.717, 1.165) is 16.5 Å². The van der Waals surface area contributed by atoms with Crippen LogP contribution in [0, 0.1) is 5.82 Å². The third-order valence-electron chi connectivity index (χ3n) is 4.80. The van der Waals surface area contributed by atoms with Crippen LogP contribution in [-0.4, -0.2) is 26.5 Å². The number of benzene rings is 2. The van der Waals surface area contributed by atoms with Crippen LogP contribution in [0.15, 0.2) is 60.9 Å². The molecule has 0 spiro atoms. The van der Waals surface area contributed by atoms with Gasteiger partial charge in [0.1, 0.15) is 17.3 Å². The Balaban J connectivity index is 1.47. The van der Waals surface area contributed by atoms with Gasteiger partial charge in [-0.3, -0.25) is 14.7 Å². The van der Waals surface area contributed by atoms with E-state index in [1.807, 2.05) is 42.1 Å². The molecule has 0 radical (unpaired) electrons. The maximum atomic E-state index is 13.0. The lowest BCUT2D eigenvalue weighted by Crippen LogP contribution is -2.16. The summed E-state index contributed by atoms with van der Waals surface area (Å²) in [6.07, 6.45) is 3.80. The highest BCUT2D eigenvalue weighted by Gasteiger charge is 2.18. The molecule has 6 nitrogen and oxygen atoms in total. The van der Waals surface area contributed by atoms with Gasteiger partial charge in [0, 0.05) is 48.2 Å². The number of carbonyl (C=O) groups excluding carboxylic acids is 2. The first-order valence-electron chi connectivity index (χ1n) is 9.15. The van der Waals surface area contributed by atoms with Gasteiger partial charge in [0.25, 0.3) is 5.91 Å². The molecule has 0 saturated heterocycles. The number of aromatic amines is 1. The highest BCUT2D eigenvalue weighted by molar-refractivity contribution is 6.04. The molecule has 7 heteroatoms. The fourth-order valence-corrected chi connectivity index (χ4v) is 3.42. The molecule has 0 unspecified atom stereocenters. The molecule has 146 valence electrons. The molecule has 29 heavy (non-hydrogen) atoms. The van der Waals surface area contributed by atoms with E-state index < -0.39 is 5.91 Å². The molecule has 2 heterocycles. The van der Waals surface area contributed by atoms with Crippen molar-refractivity contribution in [3.63, 3.8) is 0 Å². The summed E-state index contributed by atoms with van der Waals surface area (Å²) in [5.74, 6) is -0.829. The number of fused-ring (bicyclic) bond motifs is 1. The molecule has 0 aliphatic heterocycles. The van der Waals surface area contributed by atoms with Gasteiger partial charge in [-0.05, 0) is 35.9 Å². The Morgan fingerprint density at radius 1 is 1.07 bits per heavy atom. The summed E-state index contributed by atoms with van der Waals surface area (Å²) in [5.41, 5.74) is 3.22. The standard InChI is InChI=1S/C22H19FN4O2/c1-27-13-15(19-4-2-3-5-20(19)27)11-18(28)10-14-12-24-26-21(14)22(29)25-17-8-6-16(23)7-9-17/h2-9,12-13H,10-11H2,1H3,(H,24,26)(H,25,29). The predicted octanol–water partition coefficient (Wildman–Crippen LogP) is 3.65. The third-order valence-corrected chi connectivity index (χ3v) is 4.80. The first kappa shape index (κ1) is 18.6. The van der Waals surface area contributed by atoms with Crippen LogP contribution in [0.25, 0.3) is 10.9 Å². The highest BCUT2D eigenvalue weighted by atomic mass is 19.1. The summed E-state index contributed by atoms with van der Waals surface area (Å²) in [4.78, 5) is 25.2. The largest absolute Gasteiger partial charge is 0.350 e. The second-order valence-electron chi connectivity index (χ2n) is 6.91. The van der Waals surface area contributed by atoms with E-state index >= 15 is 0 Å². The molecule has 2 N–H and O–H groups in total. The van der Waals surface area contributed by atoms with Gasteiger partial charge in [0.05, 0.1) is 6.20 Å². The minimum atomic E-state index is -0.429. The Bertz CT molecular complexity index is 1190. The Kier molecular flexibility index (Phi) is 4.95. The van der Waals surface area contributed by atoms with Gasteiger partial charge in [0.15, 0.2) is 0 Å². The van der Waals surface area contributed by atoms with Crippen LogP contribution in [0.3, 0.4) is 0 Å². The summed E-state index contributed by atoms with van der Waals surface area (Å²) in [7, 11) is 1.95. The van der Waals surface area contributed by atoms with Gasteiger partial charge in [0.2, 0.25) is 0 Å². The lowest BCUT2D eigenvalue weighted by atomic mass is 10.0. The number of rotatable bonds is 6. The zero-order valence-corrected chi connectivity index (χ0v) is 15.8. The first-order valence-corrected chi connectivity index (χ1v) is 9.15. The number of para-hydroxylation sites is 1. The maximum Gasteiger partial charge on any atom is 0.273 e. The average molecular weight is 390 g/mol. The van der Waals surface area contributed by atoms with E-state index in [1.165, 1.54) is 30.5 Å². The monoisotopic (exact) mass is 390 g/mol. The topological polar surface area (TPSA) is 79.8 Å². The summed E-state index contributed by atoms with van der Waals surface area (Å²) >= 11 is 0. The molecule has 0 bridgehead atoms. The molecule has 4 aromatic rings. The van der Waals surface area contributed by atoms with Crippen LogP contribution in [0.1, 0.15) is 21.6 Å². The molecule has 4 rings (SSSR count). The van der Waals surface area contributed by atoms with Crippen molar-refractivity contribution in [2.75, 3.05) is 5.32 Å². The van der Waals surface area contributed by atoms with Crippen molar-refractivity contribution >= 4 is 28.3 Å². The Morgan fingerprint density at radius 2 is 1.79 bits per heavy atom. The van der Waals surface area contributed by atoms with Crippen LogP contribution in [0.5, 0.6) is 0 Å². The second kappa shape index (κ2) is 7.71. The van der Waals surface area contributed by atoms with Gasteiger partial charge in [-0.1, -0.05) is 18.2 Å². The van der Waals surface area contributed by atoms with Crippen LogP contribution in [0.4, 0.5) is 10.1 Å². The number of anilines is 1. The Hall–Kier alpha value is -3.74. The van der Waals surface area contributed by atoms with Gasteiger partial charge in [-0.2, -0.15) is 5.10 Å². The smallest absolute Gasteiger partial charge is 0.273 e. The molecule has 0 aliphatic rings. The molecule has 0 aliphatic carbocycles.